The summed E-state index contributed by atoms with van der Waals surface area (Å²) in [6.45, 7) is 1.81. The lowest BCUT2D eigenvalue weighted by molar-refractivity contribution is -0.140. The van der Waals surface area contributed by atoms with Crippen LogP contribution in [-0.2, 0) is 9.53 Å². The summed E-state index contributed by atoms with van der Waals surface area (Å²) in [5.74, 6) is -0.249. The Hall–Kier alpha value is -1.28. The summed E-state index contributed by atoms with van der Waals surface area (Å²) in [5.41, 5.74) is 0.974. The van der Waals surface area contributed by atoms with Crippen LogP contribution >= 0.6 is 11.6 Å². The van der Waals surface area contributed by atoms with Gasteiger partial charge in [0.05, 0.1) is 6.61 Å². The van der Waals surface area contributed by atoms with E-state index in [0.717, 1.165) is 10.6 Å². The zero-order valence-corrected chi connectivity index (χ0v) is 9.33. The van der Waals surface area contributed by atoms with Gasteiger partial charge < -0.3 is 4.74 Å². The summed E-state index contributed by atoms with van der Waals surface area (Å²) in [4.78, 5) is 10.5. The van der Waals surface area contributed by atoms with E-state index in [0.29, 0.717) is 13.0 Å². The maximum absolute atomic E-state index is 10.5. The second-order valence-electron chi connectivity index (χ2n) is 3.05. The van der Waals surface area contributed by atoms with E-state index in [1.807, 2.05) is 36.4 Å². The Kier molecular flexibility index (Phi) is 4.91. The molecule has 0 N–H and O–H groups in total. The van der Waals surface area contributed by atoms with Crippen molar-refractivity contribution in [3.8, 4) is 0 Å². The summed E-state index contributed by atoms with van der Waals surface area (Å²) in [6, 6.07) is 7.59. The molecule has 0 aliphatic rings. The molecular formula is C12H13ClO2. The number of halogens is 1. The Morgan fingerprint density at radius 3 is 2.87 bits per heavy atom. The van der Waals surface area contributed by atoms with Crippen molar-refractivity contribution in [2.45, 2.75) is 13.3 Å². The third kappa shape index (κ3) is 4.66. The third-order valence-corrected chi connectivity index (χ3v) is 2.14. The van der Waals surface area contributed by atoms with E-state index >= 15 is 0 Å². The molecule has 1 rings (SSSR count). The van der Waals surface area contributed by atoms with Crippen molar-refractivity contribution >= 4 is 23.6 Å². The minimum atomic E-state index is -0.249. The number of hydrogen-bond acceptors (Lipinski definition) is 2. The van der Waals surface area contributed by atoms with E-state index in [-0.39, 0.29) is 5.97 Å². The van der Waals surface area contributed by atoms with Gasteiger partial charge in [0.1, 0.15) is 0 Å². The van der Waals surface area contributed by atoms with E-state index in [1.165, 1.54) is 6.92 Å². The molecular weight excluding hydrogens is 212 g/mol. The van der Waals surface area contributed by atoms with Crippen LogP contribution in [0.25, 0.3) is 6.08 Å². The van der Waals surface area contributed by atoms with Crippen LogP contribution in [-0.4, -0.2) is 12.6 Å². The Labute approximate surface area is 94.5 Å². The molecule has 0 spiro atoms. The highest BCUT2D eigenvalue weighted by Crippen LogP contribution is 2.16. The first-order valence-corrected chi connectivity index (χ1v) is 5.12. The van der Waals surface area contributed by atoms with Crippen LogP contribution in [0.2, 0.25) is 5.02 Å². The molecule has 0 unspecified atom stereocenters. The van der Waals surface area contributed by atoms with Crippen molar-refractivity contribution < 1.29 is 9.53 Å². The first-order valence-electron chi connectivity index (χ1n) is 4.74. The Morgan fingerprint density at radius 2 is 2.20 bits per heavy atom. The number of carbonyl (C=O) groups excluding carboxylic acids is 1. The Balaban J connectivity index is 2.38. The van der Waals surface area contributed by atoms with Gasteiger partial charge >= 0.3 is 5.97 Å². The first-order chi connectivity index (χ1) is 7.20. The average molecular weight is 225 g/mol. The van der Waals surface area contributed by atoms with Gasteiger partial charge in [-0.1, -0.05) is 42.0 Å². The first kappa shape index (κ1) is 11.8. The van der Waals surface area contributed by atoms with Crippen LogP contribution in [0.3, 0.4) is 0 Å². The molecule has 0 saturated heterocycles. The van der Waals surface area contributed by atoms with E-state index in [9.17, 15) is 4.79 Å². The number of esters is 1. The molecule has 80 valence electrons. The predicted molar refractivity (Wildman–Crippen MR) is 61.7 cm³/mol. The normalized spacial score (nSPS) is 10.5. The lowest BCUT2D eigenvalue weighted by Gasteiger charge is -1.98. The average Bonchev–Trinajstić information content (AvgIpc) is 2.20. The number of hydrogen-bond donors (Lipinski definition) is 0. The monoisotopic (exact) mass is 224 g/mol. The predicted octanol–water partition coefficient (Wildman–Crippen LogP) is 3.31. The summed E-state index contributed by atoms with van der Waals surface area (Å²) >= 11 is 5.95. The van der Waals surface area contributed by atoms with E-state index < -0.39 is 0 Å². The number of benzene rings is 1. The van der Waals surface area contributed by atoms with Gasteiger partial charge in [0.25, 0.3) is 0 Å². The largest absolute Gasteiger partial charge is 0.466 e. The minimum Gasteiger partial charge on any atom is -0.466 e. The fourth-order valence-corrected chi connectivity index (χ4v) is 1.29. The smallest absolute Gasteiger partial charge is 0.302 e. The Morgan fingerprint density at radius 1 is 1.47 bits per heavy atom. The molecule has 0 aromatic heterocycles. The van der Waals surface area contributed by atoms with Crippen molar-refractivity contribution in [2.75, 3.05) is 6.61 Å². The van der Waals surface area contributed by atoms with Gasteiger partial charge in [-0.2, -0.15) is 0 Å². The summed E-state index contributed by atoms with van der Waals surface area (Å²) in [5, 5.41) is 0.723. The second-order valence-corrected chi connectivity index (χ2v) is 3.46. The zero-order valence-electron chi connectivity index (χ0n) is 8.57. The molecule has 0 bridgehead atoms. The molecule has 0 amide bonds. The maximum atomic E-state index is 10.5. The van der Waals surface area contributed by atoms with Crippen molar-refractivity contribution in [2.24, 2.45) is 0 Å². The van der Waals surface area contributed by atoms with Crippen LogP contribution in [0.1, 0.15) is 18.9 Å². The molecule has 1 aromatic rings. The highest BCUT2D eigenvalue weighted by molar-refractivity contribution is 6.32. The molecule has 1 aromatic carbocycles. The molecule has 0 saturated carbocycles. The molecule has 0 fully saturated rings. The van der Waals surface area contributed by atoms with E-state index in [4.69, 9.17) is 16.3 Å². The third-order valence-electron chi connectivity index (χ3n) is 1.79. The molecule has 15 heavy (non-hydrogen) atoms. The van der Waals surface area contributed by atoms with Crippen molar-refractivity contribution in [1.29, 1.82) is 0 Å². The lowest BCUT2D eigenvalue weighted by atomic mass is 10.2. The van der Waals surface area contributed by atoms with Crippen LogP contribution in [0.4, 0.5) is 0 Å². The zero-order chi connectivity index (χ0) is 11.1. The van der Waals surface area contributed by atoms with Gasteiger partial charge in [0.2, 0.25) is 0 Å². The van der Waals surface area contributed by atoms with Gasteiger partial charge in [-0.25, -0.2) is 0 Å². The Bertz CT molecular complexity index is 358. The molecule has 0 heterocycles. The standard InChI is InChI=1S/C12H13ClO2/c1-10(14)15-9-5-4-7-11-6-2-3-8-12(11)13/h2-4,6-8H,5,9H2,1H3/b7-4+. The highest BCUT2D eigenvalue weighted by atomic mass is 35.5. The maximum Gasteiger partial charge on any atom is 0.302 e. The topological polar surface area (TPSA) is 26.3 Å². The highest BCUT2D eigenvalue weighted by Gasteiger charge is 1.93. The number of rotatable bonds is 4. The molecule has 0 aliphatic heterocycles. The van der Waals surface area contributed by atoms with Crippen LogP contribution in [0, 0.1) is 0 Å². The number of ether oxygens (including phenoxy) is 1. The quantitative estimate of drug-likeness (QED) is 0.580. The fourth-order valence-electron chi connectivity index (χ4n) is 1.09. The summed E-state index contributed by atoms with van der Waals surface area (Å²) in [6.07, 6.45) is 4.56. The van der Waals surface area contributed by atoms with E-state index in [1.54, 1.807) is 0 Å². The van der Waals surface area contributed by atoms with Gasteiger partial charge in [0, 0.05) is 11.9 Å². The van der Waals surface area contributed by atoms with Crippen LogP contribution < -0.4 is 0 Å². The van der Waals surface area contributed by atoms with Gasteiger partial charge in [-0.3, -0.25) is 4.79 Å². The molecule has 0 aliphatic carbocycles. The lowest BCUT2D eigenvalue weighted by Crippen LogP contribution is -1.98. The fraction of sp³-hybridized carbons (Fsp3) is 0.250. The van der Waals surface area contributed by atoms with Crippen LogP contribution in [0.15, 0.2) is 30.3 Å². The molecule has 0 atom stereocenters. The molecule has 2 nitrogen and oxygen atoms in total. The van der Waals surface area contributed by atoms with Gasteiger partial charge in [-0.15, -0.1) is 0 Å². The van der Waals surface area contributed by atoms with Crippen molar-refractivity contribution in [3.63, 3.8) is 0 Å². The second kappa shape index (κ2) is 6.25. The number of carbonyl (C=O) groups is 1. The molecule has 3 heteroatoms. The summed E-state index contributed by atoms with van der Waals surface area (Å²) in [7, 11) is 0. The van der Waals surface area contributed by atoms with E-state index in [2.05, 4.69) is 0 Å². The summed E-state index contributed by atoms with van der Waals surface area (Å²) < 4.78 is 4.79. The van der Waals surface area contributed by atoms with Crippen LogP contribution in [0.5, 0.6) is 0 Å². The molecule has 0 radical (unpaired) electrons. The van der Waals surface area contributed by atoms with Gasteiger partial charge in [-0.05, 0) is 18.1 Å². The minimum absolute atomic E-state index is 0.249. The van der Waals surface area contributed by atoms with Crippen molar-refractivity contribution in [3.05, 3.63) is 40.9 Å². The van der Waals surface area contributed by atoms with Crippen molar-refractivity contribution in [1.82, 2.24) is 0 Å². The van der Waals surface area contributed by atoms with Gasteiger partial charge in [0.15, 0.2) is 0 Å². The SMILES string of the molecule is CC(=O)OCC/C=C/c1ccccc1Cl.